The molecule has 1 aliphatic rings. The van der Waals surface area contributed by atoms with Crippen molar-refractivity contribution in [2.45, 2.75) is 6.42 Å². The molecule has 2 amide bonds. The molecule has 0 unspecified atom stereocenters. The summed E-state index contributed by atoms with van der Waals surface area (Å²) in [6.45, 7) is 4.80. The van der Waals surface area contributed by atoms with Gasteiger partial charge in [0.15, 0.2) is 5.76 Å². The molecule has 3 rings (SSSR count). The molecule has 2 aromatic rings. The van der Waals surface area contributed by atoms with Crippen molar-refractivity contribution in [3.05, 3.63) is 54.0 Å². The number of anilines is 1. The fraction of sp³-hybridized carbons (Fsp3) is 0.381. The SMILES string of the molecule is N#CCCN(CCN1CCOCC1)C(=O)c1ccc(NC(=O)c2ccco2)cc1. The van der Waals surface area contributed by atoms with Crippen LogP contribution in [-0.4, -0.2) is 67.6 Å². The Morgan fingerprint density at radius 3 is 2.55 bits per heavy atom. The van der Waals surface area contributed by atoms with Gasteiger partial charge in [0, 0.05) is 44.0 Å². The van der Waals surface area contributed by atoms with E-state index < -0.39 is 0 Å². The number of nitriles is 1. The van der Waals surface area contributed by atoms with Crippen molar-refractivity contribution >= 4 is 17.5 Å². The van der Waals surface area contributed by atoms with Crippen molar-refractivity contribution < 1.29 is 18.7 Å². The lowest BCUT2D eigenvalue weighted by Gasteiger charge is -2.30. The molecule has 1 aromatic carbocycles. The van der Waals surface area contributed by atoms with Crippen LogP contribution in [0.25, 0.3) is 0 Å². The van der Waals surface area contributed by atoms with Crippen molar-refractivity contribution in [1.82, 2.24) is 9.80 Å². The van der Waals surface area contributed by atoms with Crippen molar-refractivity contribution in [1.29, 1.82) is 5.26 Å². The summed E-state index contributed by atoms with van der Waals surface area (Å²) in [5.41, 5.74) is 1.08. The number of nitrogens with zero attached hydrogens (tertiary/aromatic N) is 3. The molecule has 2 heterocycles. The monoisotopic (exact) mass is 396 g/mol. The number of ether oxygens (including phenoxy) is 1. The predicted octanol–water partition coefficient (Wildman–Crippen LogP) is 2.22. The van der Waals surface area contributed by atoms with Crippen LogP contribution in [0, 0.1) is 11.3 Å². The fourth-order valence-electron chi connectivity index (χ4n) is 3.07. The average Bonchev–Trinajstić information content (AvgIpc) is 3.30. The van der Waals surface area contributed by atoms with Crippen molar-refractivity contribution in [3.8, 4) is 6.07 Å². The van der Waals surface area contributed by atoms with Gasteiger partial charge in [-0.2, -0.15) is 5.26 Å². The molecule has 0 aliphatic carbocycles. The molecule has 0 atom stereocenters. The summed E-state index contributed by atoms with van der Waals surface area (Å²) in [6.07, 6.45) is 1.72. The second kappa shape index (κ2) is 10.4. The molecule has 8 heteroatoms. The number of hydrogen-bond acceptors (Lipinski definition) is 6. The Hall–Kier alpha value is -3.15. The summed E-state index contributed by atoms with van der Waals surface area (Å²) < 4.78 is 10.4. The van der Waals surface area contributed by atoms with Crippen molar-refractivity contribution in [2.24, 2.45) is 0 Å². The minimum absolute atomic E-state index is 0.127. The van der Waals surface area contributed by atoms with E-state index in [-0.39, 0.29) is 24.0 Å². The minimum atomic E-state index is -0.352. The molecule has 0 radical (unpaired) electrons. The van der Waals surface area contributed by atoms with Crippen LogP contribution in [0.3, 0.4) is 0 Å². The Labute approximate surface area is 169 Å². The molecule has 29 heavy (non-hydrogen) atoms. The summed E-state index contributed by atoms with van der Waals surface area (Å²) in [6, 6.07) is 12.0. The van der Waals surface area contributed by atoms with E-state index >= 15 is 0 Å². The predicted molar refractivity (Wildman–Crippen MR) is 106 cm³/mol. The van der Waals surface area contributed by atoms with Crippen molar-refractivity contribution in [2.75, 3.05) is 51.3 Å². The van der Waals surface area contributed by atoms with Gasteiger partial charge < -0.3 is 19.4 Å². The van der Waals surface area contributed by atoms with Crippen LogP contribution in [0.4, 0.5) is 5.69 Å². The first-order valence-electron chi connectivity index (χ1n) is 9.58. The first-order valence-corrected chi connectivity index (χ1v) is 9.58. The van der Waals surface area contributed by atoms with Gasteiger partial charge >= 0.3 is 0 Å². The fourth-order valence-corrected chi connectivity index (χ4v) is 3.07. The second-order valence-corrected chi connectivity index (χ2v) is 6.66. The zero-order valence-corrected chi connectivity index (χ0v) is 16.2. The van der Waals surface area contributed by atoms with E-state index in [0.717, 1.165) is 19.6 Å². The van der Waals surface area contributed by atoms with Gasteiger partial charge in [-0.1, -0.05) is 0 Å². The van der Waals surface area contributed by atoms with Gasteiger partial charge in [0.1, 0.15) is 0 Å². The summed E-state index contributed by atoms with van der Waals surface area (Å²) >= 11 is 0. The smallest absolute Gasteiger partial charge is 0.291 e. The number of furan rings is 1. The van der Waals surface area contributed by atoms with Crippen LogP contribution in [0.1, 0.15) is 27.3 Å². The summed E-state index contributed by atoms with van der Waals surface area (Å²) in [4.78, 5) is 28.9. The van der Waals surface area contributed by atoms with Gasteiger partial charge in [-0.25, -0.2) is 0 Å². The third-order valence-electron chi connectivity index (χ3n) is 4.71. The number of morpholine rings is 1. The van der Waals surface area contributed by atoms with Gasteiger partial charge in [0.05, 0.1) is 32.0 Å². The lowest BCUT2D eigenvalue weighted by Crippen LogP contribution is -2.43. The molecular weight excluding hydrogens is 372 g/mol. The van der Waals surface area contributed by atoms with Gasteiger partial charge in [-0.05, 0) is 36.4 Å². The zero-order valence-electron chi connectivity index (χ0n) is 16.2. The van der Waals surface area contributed by atoms with E-state index in [9.17, 15) is 9.59 Å². The Morgan fingerprint density at radius 1 is 1.14 bits per heavy atom. The van der Waals surface area contributed by atoms with Gasteiger partial charge in [0.25, 0.3) is 11.8 Å². The first kappa shape index (κ1) is 20.6. The number of carbonyl (C=O) groups excluding carboxylic acids is 2. The zero-order chi connectivity index (χ0) is 20.5. The van der Waals surface area contributed by atoms with Crippen LogP contribution in [-0.2, 0) is 4.74 Å². The highest BCUT2D eigenvalue weighted by Crippen LogP contribution is 2.14. The van der Waals surface area contributed by atoms with E-state index in [2.05, 4.69) is 16.3 Å². The highest BCUT2D eigenvalue weighted by atomic mass is 16.5. The van der Waals surface area contributed by atoms with E-state index in [1.54, 1.807) is 41.3 Å². The second-order valence-electron chi connectivity index (χ2n) is 6.66. The maximum absolute atomic E-state index is 12.9. The van der Waals surface area contributed by atoms with Crippen LogP contribution < -0.4 is 5.32 Å². The molecule has 8 nitrogen and oxygen atoms in total. The van der Waals surface area contributed by atoms with E-state index in [0.29, 0.717) is 37.6 Å². The number of rotatable bonds is 8. The lowest BCUT2D eigenvalue weighted by molar-refractivity contribution is 0.0326. The lowest BCUT2D eigenvalue weighted by atomic mass is 10.1. The number of amides is 2. The summed E-state index contributed by atoms with van der Waals surface area (Å²) in [5.74, 6) is -0.261. The van der Waals surface area contributed by atoms with Gasteiger partial charge in [0.2, 0.25) is 0 Å². The van der Waals surface area contributed by atoms with E-state index in [1.807, 2.05) is 0 Å². The summed E-state index contributed by atoms with van der Waals surface area (Å²) in [7, 11) is 0. The number of hydrogen-bond donors (Lipinski definition) is 1. The maximum Gasteiger partial charge on any atom is 0.291 e. The molecule has 1 saturated heterocycles. The van der Waals surface area contributed by atoms with E-state index in [1.165, 1.54) is 6.26 Å². The van der Waals surface area contributed by atoms with Crippen molar-refractivity contribution in [3.63, 3.8) is 0 Å². The third-order valence-corrected chi connectivity index (χ3v) is 4.71. The molecule has 0 spiro atoms. The number of nitrogens with one attached hydrogen (secondary N) is 1. The third kappa shape index (κ3) is 5.91. The Morgan fingerprint density at radius 2 is 1.90 bits per heavy atom. The van der Waals surface area contributed by atoms with Gasteiger partial charge in [-0.3, -0.25) is 14.5 Å². The van der Waals surface area contributed by atoms with Gasteiger partial charge in [-0.15, -0.1) is 0 Å². The maximum atomic E-state index is 12.9. The molecule has 1 fully saturated rings. The highest BCUT2D eigenvalue weighted by Gasteiger charge is 2.18. The Bertz CT molecular complexity index is 837. The average molecular weight is 396 g/mol. The number of carbonyl (C=O) groups is 2. The molecule has 0 saturated carbocycles. The van der Waals surface area contributed by atoms with Crippen LogP contribution in [0.2, 0.25) is 0 Å². The van der Waals surface area contributed by atoms with Crippen LogP contribution in [0.5, 0.6) is 0 Å². The first-order chi connectivity index (χ1) is 14.2. The number of benzene rings is 1. The topological polar surface area (TPSA) is 98.8 Å². The molecule has 1 aliphatic heterocycles. The quantitative estimate of drug-likeness (QED) is 0.735. The normalized spacial score (nSPS) is 14.2. The highest BCUT2D eigenvalue weighted by molar-refractivity contribution is 6.02. The largest absolute Gasteiger partial charge is 0.459 e. The molecule has 1 aromatic heterocycles. The van der Waals surface area contributed by atoms with E-state index in [4.69, 9.17) is 14.4 Å². The molecule has 152 valence electrons. The molecular formula is C21H24N4O4. The molecule has 1 N–H and O–H groups in total. The standard InChI is InChI=1S/C21H24N4O4/c22-8-2-9-25(11-10-24-12-15-28-16-13-24)21(27)17-4-6-18(7-5-17)23-20(26)19-3-1-14-29-19/h1,3-7,14H,2,9-13,15-16H2,(H,23,26). The summed E-state index contributed by atoms with van der Waals surface area (Å²) in [5, 5.41) is 11.6. The Balaban J connectivity index is 1.60. The van der Waals surface area contributed by atoms with Crippen LogP contribution in [0.15, 0.2) is 47.1 Å². The Kier molecular flexibility index (Phi) is 7.39. The minimum Gasteiger partial charge on any atom is -0.459 e. The van der Waals surface area contributed by atoms with Crippen LogP contribution >= 0.6 is 0 Å². The molecule has 0 bridgehead atoms.